The van der Waals surface area contributed by atoms with Crippen LogP contribution in [0.25, 0.3) is 0 Å². The van der Waals surface area contributed by atoms with Crippen molar-refractivity contribution >= 4 is 17.7 Å². The lowest BCUT2D eigenvalue weighted by atomic mass is 9.49. The molecule has 6 heteroatoms. The van der Waals surface area contributed by atoms with Crippen molar-refractivity contribution in [2.75, 3.05) is 13.1 Å². The monoisotopic (exact) mass is 493 g/mol. The fourth-order valence-electron chi connectivity index (χ4n) is 7.94. The molecule has 0 spiro atoms. The van der Waals surface area contributed by atoms with Gasteiger partial charge in [0.05, 0.1) is 0 Å². The number of nitrogens with one attached hydrogen (secondary N) is 2. The number of hydrogen-bond acceptors (Lipinski definition) is 3. The van der Waals surface area contributed by atoms with Crippen LogP contribution in [0, 0.1) is 29.1 Å². The molecule has 1 aliphatic heterocycles. The fourth-order valence-corrected chi connectivity index (χ4v) is 7.94. The molecule has 5 aliphatic rings. The summed E-state index contributed by atoms with van der Waals surface area (Å²) in [5.41, 5.74) is 1.54. The SMILES string of the molecule is CCC(CC)C(=O)N1CCC(NC(=O)c2ccc(CNC(=O)C34CC5CC(CC(C5)C3)C4)cc2)CC1. The largest absolute Gasteiger partial charge is 0.352 e. The highest BCUT2D eigenvalue weighted by Crippen LogP contribution is 2.60. The minimum atomic E-state index is -0.122. The van der Waals surface area contributed by atoms with Crippen LogP contribution in [-0.2, 0) is 16.1 Å². The molecule has 0 aromatic heterocycles. The Morgan fingerprint density at radius 2 is 1.47 bits per heavy atom. The topological polar surface area (TPSA) is 78.5 Å². The van der Waals surface area contributed by atoms with E-state index in [0.717, 1.165) is 68.3 Å². The first-order valence-corrected chi connectivity index (χ1v) is 14.4. The molecule has 5 fully saturated rings. The summed E-state index contributed by atoms with van der Waals surface area (Å²) in [5.74, 6) is 2.84. The van der Waals surface area contributed by atoms with Gasteiger partial charge >= 0.3 is 0 Å². The quantitative estimate of drug-likeness (QED) is 0.552. The van der Waals surface area contributed by atoms with Crippen LogP contribution in [0.5, 0.6) is 0 Å². The molecule has 4 saturated carbocycles. The van der Waals surface area contributed by atoms with Crippen molar-refractivity contribution in [1.82, 2.24) is 15.5 Å². The number of amides is 3. The second-order valence-corrected chi connectivity index (χ2v) is 12.2. The molecule has 3 amide bonds. The summed E-state index contributed by atoms with van der Waals surface area (Å²) in [6.07, 6.45) is 10.6. The summed E-state index contributed by atoms with van der Waals surface area (Å²) in [4.78, 5) is 40.6. The average molecular weight is 494 g/mol. The molecule has 4 aliphatic carbocycles. The molecule has 196 valence electrons. The highest BCUT2D eigenvalue weighted by atomic mass is 16.2. The molecule has 4 bridgehead atoms. The lowest BCUT2D eigenvalue weighted by molar-refractivity contribution is -0.146. The molecule has 0 atom stereocenters. The maximum Gasteiger partial charge on any atom is 0.251 e. The number of hydrogen-bond donors (Lipinski definition) is 2. The lowest BCUT2D eigenvalue weighted by Crippen LogP contribution is -2.53. The third-order valence-corrected chi connectivity index (χ3v) is 9.67. The molecule has 0 unspecified atom stereocenters. The van der Waals surface area contributed by atoms with E-state index in [2.05, 4.69) is 24.5 Å². The van der Waals surface area contributed by atoms with Crippen LogP contribution in [0.1, 0.15) is 94.0 Å². The van der Waals surface area contributed by atoms with E-state index in [-0.39, 0.29) is 35.1 Å². The molecule has 0 radical (unpaired) electrons. The predicted octanol–water partition coefficient (Wildman–Crippen LogP) is 4.68. The molecule has 1 saturated heterocycles. The van der Waals surface area contributed by atoms with Crippen LogP contribution in [0.2, 0.25) is 0 Å². The van der Waals surface area contributed by atoms with Crippen molar-refractivity contribution in [3.8, 4) is 0 Å². The first-order chi connectivity index (χ1) is 17.4. The molecule has 6 rings (SSSR count). The van der Waals surface area contributed by atoms with Gasteiger partial charge in [0.2, 0.25) is 11.8 Å². The predicted molar refractivity (Wildman–Crippen MR) is 140 cm³/mol. The van der Waals surface area contributed by atoms with Gasteiger partial charge < -0.3 is 15.5 Å². The molecular weight excluding hydrogens is 450 g/mol. The van der Waals surface area contributed by atoms with Crippen molar-refractivity contribution in [3.05, 3.63) is 35.4 Å². The number of benzene rings is 1. The normalized spacial score (nSPS) is 29.4. The van der Waals surface area contributed by atoms with Crippen LogP contribution in [-0.4, -0.2) is 41.8 Å². The Morgan fingerprint density at radius 3 is 2.00 bits per heavy atom. The van der Waals surface area contributed by atoms with Gasteiger partial charge in [-0.15, -0.1) is 0 Å². The first-order valence-electron chi connectivity index (χ1n) is 14.4. The zero-order chi connectivity index (χ0) is 25.3. The maximum atomic E-state index is 13.2. The Bertz CT molecular complexity index is 925. The lowest BCUT2D eigenvalue weighted by Gasteiger charge is -2.55. The fraction of sp³-hybridized carbons (Fsp3) is 0.700. The molecular formula is C30H43N3O3. The van der Waals surface area contributed by atoms with Gasteiger partial charge in [0.25, 0.3) is 5.91 Å². The third kappa shape index (κ3) is 5.19. The van der Waals surface area contributed by atoms with Gasteiger partial charge in [0, 0.05) is 42.6 Å². The highest BCUT2D eigenvalue weighted by Gasteiger charge is 2.54. The summed E-state index contributed by atoms with van der Waals surface area (Å²) < 4.78 is 0. The average Bonchev–Trinajstić information content (AvgIpc) is 2.88. The highest BCUT2D eigenvalue weighted by molar-refractivity contribution is 5.94. The summed E-state index contributed by atoms with van der Waals surface area (Å²) in [5, 5.41) is 6.38. The number of rotatable bonds is 8. The molecule has 2 N–H and O–H groups in total. The summed E-state index contributed by atoms with van der Waals surface area (Å²) in [6.45, 7) is 6.08. The van der Waals surface area contributed by atoms with Gasteiger partial charge in [-0.1, -0.05) is 26.0 Å². The van der Waals surface area contributed by atoms with Crippen molar-refractivity contribution in [2.45, 2.75) is 90.6 Å². The van der Waals surface area contributed by atoms with E-state index >= 15 is 0 Å². The van der Waals surface area contributed by atoms with Crippen molar-refractivity contribution in [3.63, 3.8) is 0 Å². The van der Waals surface area contributed by atoms with Crippen LogP contribution < -0.4 is 10.6 Å². The van der Waals surface area contributed by atoms with Crippen LogP contribution >= 0.6 is 0 Å². The molecule has 6 nitrogen and oxygen atoms in total. The summed E-state index contributed by atoms with van der Waals surface area (Å²) in [6, 6.07) is 7.71. The minimum absolute atomic E-state index is 0.0658. The minimum Gasteiger partial charge on any atom is -0.352 e. The van der Waals surface area contributed by atoms with Gasteiger partial charge in [-0.2, -0.15) is 0 Å². The van der Waals surface area contributed by atoms with E-state index in [4.69, 9.17) is 0 Å². The first kappa shape index (κ1) is 25.3. The molecule has 1 aromatic carbocycles. The van der Waals surface area contributed by atoms with Gasteiger partial charge in [-0.05, 0) is 99.7 Å². The zero-order valence-electron chi connectivity index (χ0n) is 22.1. The van der Waals surface area contributed by atoms with E-state index in [1.165, 1.54) is 19.3 Å². The number of piperidine rings is 1. The van der Waals surface area contributed by atoms with E-state index in [9.17, 15) is 14.4 Å². The molecule has 1 heterocycles. The number of carbonyl (C=O) groups is 3. The third-order valence-electron chi connectivity index (χ3n) is 9.67. The van der Waals surface area contributed by atoms with E-state index in [1.54, 1.807) is 0 Å². The van der Waals surface area contributed by atoms with Gasteiger partial charge in [-0.25, -0.2) is 0 Å². The van der Waals surface area contributed by atoms with Gasteiger partial charge in [0.15, 0.2) is 0 Å². The summed E-state index contributed by atoms with van der Waals surface area (Å²) >= 11 is 0. The second kappa shape index (κ2) is 10.5. The van der Waals surface area contributed by atoms with Gasteiger partial charge in [0.1, 0.15) is 0 Å². The Balaban J connectivity index is 1.08. The Morgan fingerprint density at radius 1 is 0.917 bits per heavy atom. The van der Waals surface area contributed by atoms with Crippen molar-refractivity contribution in [1.29, 1.82) is 0 Å². The number of likely N-dealkylation sites (tertiary alicyclic amines) is 1. The molecule has 36 heavy (non-hydrogen) atoms. The second-order valence-electron chi connectivity index (χ2n) is 12.2. The van der Waals surface area contributed by atoms with E-state index < -0.39 is 0 Å². The smallest absolute Gasteiger partial charge is 0.251 e. The van der Waals surface area contributed by atoms with E-state index in [1.807, 2.05) is 29.2 Å². The van der Waals surface area contributed by atoms with Crippen LogP contribution in [0.15, 0.2) is 24.3 Å². The van der Waals surface area contributed by atoms with Crippen LogP contribution in [0.3, 0.4) is 0 Å². The van der Waals surface area contributed by atoms with Crippen LogP contribution in [0.4, 0.5) is 0 Å². The van der Waals surface area contributed by atoms with Crippen molar-refractivity contribution in [2.24, 2.45) is 29.1 Å². The van der Waals surface area contributed by atoms with Gasteiger partial charge in [-0.3, -0.25) is 14.4 Å². The summed E-state index contributed by atoms with van der Waals surface area (Å²) in [7, 11) is 0. The maximum absolute atomic E-state index is 13.2. The Hall–Kier alpha value is -2.37. The number of nitrogens with zero attached hydrogens (tertiary/aromatic N) is 1. The zero-order valence-corrected chi connectivity index (χ0v) is 22.1. The molecule has 1 aromatic rings. The van der Waals surface area contributed by atoms with Crippen molar-refractivity contribution < 1.29 is 14.4 Å². The Labute approximate surface area is 216 Å². The standard InChI is InChI=1S/C30H43N3O3/c1-3-24(4-2)28(35)33-11-9-26(10-12-33)32-27(34)25-7-5-20(6-8-25)19-31-29(36)30-16-21-13-22(17-30)15-23(14-21)18-30/h5-8,21-24,26H,3-4,9-19H2,1-2H3,(H,31,36)(H,32,34). The Kier molecular flexibility index (Phi) is 7.41. The number of carbonyl (C=O) groups excluding carboxylic acids is 3. The van der Waals surface area contributed by atoms with E-state index in [0.29, 0.717) is 25.2 Å².